The number of ketones is 1. The van der Waals surface area contributed by atoms with Gasteiger partial charge in [0.1, 0.15) is 5.75 Å². The Morgan fingerprint density at radius 1 is 1.44 bits per heavy atom. The molecule has 0 saturated carbocycles. The molecular weight excluding hydrogens is 230 g/mol. The van der Waals surface area contributed by atoms with Crippen molar-refractivity contribution in [3.63, 3.8) is 0 Å². The van der Waals surface area contributed by atoms with Crippen molar-refractivity contribution in [1.82, 2.24) is 4.90 Å². The number of nitrogens with zero attached hydrogens (tertiary/aromatic N) is 1. The lowest BCUT2D eigenvalue weighted by molar-refractivity contribution is -0.132. The summed E-state index contributed by atoms with van der Waals surface area (Å²) in [4.78, 5) is 25.0. The van der Waals surface area contributed by atoms with Crippen molar-refractivity contribution in [2.45, 2.75) is 26.4 Å². The van der Waals surface area contributed by atoms with E-state index < -0.39 is 6.10 Å². The average Bonchev–Trinajstić information content (AvgIpc) is 2.61. The van der Waals surface area contributed by atoms with Gasteiger partial charge in [0.25, 0.3) is 5.91 Å². The number of hydrogen-bond acceptors (Lipinski definition) is 3. The average molecular weight is 247 g/mol. The number of carbonyl (C=O) groups is 2. The standard InChI is InChI=1S/C14H17NO3/c1-9-4-5-11(10(2)16)13(8-9)18-12-6-7-15(3)14(12)17/h4-5,8,12H,6-7H2,1-3H3. The van der Waals surface area contributed by atoms with Crippen LogP contribution in [0.3, 0.4) is 0 Å². The fraction of sp³-hybridized carbons (Fsp3) is 0.429. The van der Waals surface area contributed by atoms with Crippen molar-refractivity contribution in [2.24, 2.45) is 0 Å². The minimum Gasteiger partial charge on any atom is -0.480 e. The molecule has 0 spiro atoms. The van der Waals surface area contributed by atoms with E-state index in [4.69, 9.17) is 4.74 Å². The molecule has 4 nitrogen and oxygen atoms in total. The van der Waals surface area contributed by atoms with Crippen molar-refractivity contribution in [3.8, 4) is 5.75 Å². The van der Waals surface area contributed by atoms with E-state index in [1.807, 2.05) is 19.1 Å². The summed E-state index contributed by atoms with van der Waals surface area (Å²) in [5.74, 6) is 0.436. The normalized spacial score (nSPS) is 19.2. The highest BCUT2D eigenvalue weighted by Crippen LogP contribution is 2.24. The van der Waals surface area contributed by atoms with E-state index >= 15 is 0 Å². The molecule has 4 heteroatoms. The van der Waals surface area contributed by atoms with Crippen molar-refractivity contribution in [2.75, 3.05) is 13.6 Å². The van der Waals surface area contributed by atoms with E-state index in [-0.39, 0.29) is 11.7 Å². The molecule has 1 unspecified atom stereocenters. The second kappa shape index (κ2) is 4.80. The van der Waals surface area contributed by atoms with Gasteiger partial charge in [-0.3, -0.25) is 9.59 Å². The second-order valence-corrected chi connectivity index (χ2v) is 4.71. The maximum absolute atomic E-state index is 11.8. The number of likely N-dealkylation sites (tertiary alicyclic amines) is 1. The topological polar surface area (TPSA) is 46.6 Å². The van der Waals surface area contributed by atoms with Crippen LogP contribution in [0.4, 0.5) is 0 Å². The van der Waals surface area contributed by atoms with E-state index in [0.717, 1.165) is 5.56 Å². The highest BCUT2D eigenvalue weighted by atomic mass is 16.5. The van der Waals surface area contributed by atoms with Crippen LogP contribution in [0.5, 0.6) is 5.75 Å². The first-order chi connectivity index (χ1) is 8.49. The molecule has 1 atom stereocenters. The Kier molecular flexibility index (Phi) is 3.36. The van der Waals surface area contributed by atoms with Crippen molar-refractivity contribution >= 4 is 11.7 Å². The predicted octanol–water partition coefficient (Wildman–Crippen LogP) is 1.81. The highest BCUT2D eigenvalue weighted by molar-refractivity contribution is 5.97. The van der Waals surface area contributed by atoms with Crippen molar-refractivity contribution in [1.29, 1.82) is 0 Å². The molecular formula is C14H17NO3. The Morgan fingerprint density at radius 2 is 2.17 bits per heavy atom. The number of benzene rings is 1. The smallest absolute Gasteiger partial charge is 0.263 e. The number of aryl methyl sites for hydroxylation is 1. The van der Waals surface area contributed by atoms with E-state index in [1.54, 1.807) is 18.0 Å². The van der Waals surface area contributed by atoms with Crippen LogP contribution in [0.25, 0.3) is 0 Å². The van der Waals surface area contributed by atoms with Crippen LogP contribution in [0, 0.1) is 6.92 Å². The molecule has 0 N–H and O–H groups in total. The Balaban J connectivity index is 2.25. The zero-order valence-corrected chi connectivity index (χ0v) is 10.9. The third-order valence-electron chi connectivity index (χ3n) is 3.16. The summed E-state index contributed by atoms with van der Waals surface area (Å²) in [5, 5.41) is 0. The summed E-state index contributed by atoms with van der Waals surface area (Å²) in [5.41, 5.74) is 1.54. The first-order valence-corrected chi connectivity index (χ1v) is 6.02. The minimum atomic E-state index is -0.463. The first-order valence-electron chi connectivity index (χ1n) is 6.02. The molecule has 0 aromatic heterocycles. The number of Topliss-reactive ketones (excluding diaryl/α,β-unsaturated/α-hetero) is 1. The van der Waals surface area contributed by atoms with Gasteiger partial charge < -0.3 is 9.64 Å². The Morgan fingerprint density at radius 3 is 2.72 bits per heavy atom. The van der Waals surface area contributed by atoms with E-state index in [2.05, 4.69) is 0 Å². The molecule has 0 aliphatic carbocycles. The van der Waals surface area contributed by atoms with Crippen molar-refractivity contribution < 1.29 is 14.3 Å². The van der Waals surface area contributed by atoms with Gasteiger partial charge in [0.2, 0.25) is 0 Å². The van der Waals surface area contributed by atoms with Gasteiger partial charge in [0.05, 0.1) is 5.56 Å². The molecule has 1 aliphatic heterocycles. The Bertz CT molecular complexity index is 496. The molecule has 1 heterocycles. The van der Waals surface area contributed by atoms with Gasteiger partial charge >= 0.3 is 0 Å². The second-order valence-electron chi connectivity index (χ2n) is 4.71. The maximum Gasteiger partial charge on any atom is 0.263 e. The van der Waals surface area contributed by atoms with Crippen LogP contribution in [0.2, 0.25) is 0 Å². The first kappa shape index (κ1) is 12.6. The summed E-state index contributed by atoms with van der Waals surface area (Å²) in [7, 11) is 1.76. The van der Waals surface area contributed by atoms with Crippen LogP contribution in [0.15, 0.2) is 18.2 Å². The lowest BCUT2D eigenvalue weighted by Crippen LogP contribution is -2.29. The molecule has 1 aromatic carbocycles. The van der Waals surface area contributed by atoms with Gasteiger partial charge in [-0.25, -0.2) is 0 Å². The van der Waals surface area contributed by atoms with Crippen LogP contribution < -0.4 is 4.74 Å². The van der Waals surface area contributed by atoms with E-state index in [9.17, 15) is 9.59 Å². The lowest BCUT2D eigenvalue weighted by Gasteiger charge is -2.15. The molecule has 1 fully saturated rings. The van der Waals surface area contributed by atoms with E-state index in [0.29, 0.717) is 24.3 Å². The van der Waals surface area contributed by atoms with Gasteiger partial charge in [-0.15, -0.1) is 0 Å². The quantitative estimate of drug-likeness (QED) is 0.765. The predicted molar refractivity (Wildman–Crippen MR) is 67.9 cm³/mol. The third-order valence-corrected chi connectivity index (χ3v) is 3.16. The molecule has 18 heavy (non-hydrogen) atoms. The highest BCUT2D eigenvalue weighted by Gasteiger charge is 2.31. The largest absolute Gasteiger partial charge is 0.480 e. The van der Waals surface area contributed by atoms with Gasteiger partial charge in [-0.05, 0) is 31.5 Å². The molecule has 0 radical (unpaired) electrons. The monoisotopic (exact) mass is 247 g/mol. The van der Waals surface area contributed by atoms with Gasteiger partial charge in [0, 0.05) is 20.0 Å². The summed E-state index contributed by atoms with van der Waals surface area (Å²) >= 11 is 0. The summed E-state index contributed by atoms with van der Waals surface area (Å²) in [6.45, 7) is 4.13. The zero-order chi connectivity index (χ0) is 13.3. The van der Waals surface area contributed by atoms with Crippen LogP contribution in [-0.4, -0.2) is 36.3 Å². The number of amides is 1. The molecule has 2 rings (SSSR count). The fourth-order valence-corrected chi connectivity index (χ4v) is 2.07. The summed E-state index contributed by atoms with van der Waals surface area (Å²) in [6.07, 6.45) is 0.204. The third kappa shape index (κ3) is 2.37. The van der Waals surface area contributed by atoms with Crippen LogP contribution in [0.1, 0.15) is 29.3 Å². The minimum absolute atomic E-state index is 0.0222. The molecule has 1 aromatic rings. The Hall–Kier alpha value is -1.84. The molecule has 1 saturated heterocycles. The zero-order valence-electron chi connectivity index (χ0n) is 10.9. The number of rotatable bonds is 3. The number of hydrogen-bond donors (Lipinski definition) is 0. The molecule has 96 valence electrons. The van der Waals surface area contributed by atoms with Crippen LogP contribution in [-0.2, 0) is 4.79 Å². The number of carbonyl (C=O) groups excluding carboxylic acids is 2. The Labute approximate surface area is 107 Å². The summed E-state index contributed by atoms with van der Waals surface area (Å²) in [6, 6.07) is 5.42. The lowest BCUT2D eigenvalue weighted by atomic mass is 10.1. The van der Waals surface area contributed by atoms with Crippen molar-refractivity contribution in [3.05, 3.63) is 29.3 Å². The van der Waals surface area contributed by atoms with Crippen LogP contribution >= 0.6 is 0 Å². The van der Waals surface area contributed by atoms with E-state index in [1.165, 1.54) is 6.92 Å². The number of likely N-dealkylation sites (N-methyl/N-ethyl adjacent to an activating group) is 1. The molecule has 1 aliphatic rings. The van der Waals surface area contributed by atoms with Gasteiger partial charge in [0.15, 0.2) is 11.9 Å². The SMILES string of the molecule is CC(=O)c1ccc(C)cc1OC1CCN(C)C1=O. The molecule has 1 amide bonds. The van der Waals surface area contributed by atoms with Gasteiger partial charge in [-0.1, -0.05) is 6.07 Å². The summed E-state index contributed by atoms with van der Waals surface area (Å²) < 4.78 is 5.72. The fourth-order valence-electron chi connectivity index (χ4n) is 2.07. The van der Waals surface area contributed by atoms with Gasteiger partial charge in [-0.2, -0.15) is 0 Å². The molecule has 0 bridgehead atoms. The maximum atomic E-state index is 11.8. The number of ether oxygens (including phenoxy) is 1.